The molecule has 0 aromatic heterocycles. The van der Waals surface area contributed by atoms with Gasteiger partial charge in [-0.05, 0) is 16.7 Å². The predicted octanol–water partition coefficient (Wildman–Crippen LogP) is 2.21. The molecule has 0 amide bonds. The van der Waals surface area contributed by atoms with Crippen molar-refractivity contribution in [3.05, 3.63) is 34.9 Å². The molecular formula is C15H12. The average molecular weight is 192 g/mol. The van der Waals surface area contributed by atoms with Crippen LogP contribution in [0.15, 0.2) is 18.2 Å². The highest BCUT2D eigenvalue weighted by Crippen LogP contribution is 2.16. The van der Waals surface area contributed by atoms with Gasteiger partial charge in [0.25, 0.3) is 0 Å². The Bertz CT molecular complexity index is 424. The summed E-state index contributed by atoms with van der Waals surface area (Å²) in [5.41, 5.74) is 3.35. The molecule has 0 aliphatic heterocycles. The van der Waals surface area contributed by atoms with Gasteiger partial charge in [-0.25, -0.2) is 0 Å². The molecule has 15 heavy (non-hydrogen) atoms. The van der Waals surface area contributed by atoms with E-state index < -0.39 is 0 Å². The van der Waals surface area contributed by atoms with E-state index in [-0.39, 0.29) is 0 Å². The molecule has 0 unspecified atom stereocenters. The molecule has 0 N–H and O–H groups in total. The molecule has 0 aliphatic carbocycles. The molecule has 0 fully saturated rings. The molecule has 1 aromatic carbocycles. The molecule has 0 spiro atoms. The summed E-state index contributed by atoms with van der Waals surface area (Å²) in [5.74, 6) is 7.91. The Morgan fingerprint density at radius 1 is 0.800 bits per heavy atom. The zero-order valence-electron chi connectivity index (χ0n) is 8.59. The van der Waals surface area contributed by atoms with E-state index in [2.05, 4.69) is 17.8 Å². The number of rotatable bonds is 3. The molecule has 0 bridgehead atoms. The van der Waals surface area contributed by atoms with Gasteiger partial charge >= 0.3 is 0 Å². The average Bonchev–Trinajstić information content (AvgIpc) is 2.23. The summed E-state index contributed by atoms with van der Waals surface area (Å²) >= 11 is 0. The second-order valence-corrected chi connectivity index (χ2v) is 3.20. The number of benzene rings is 1. The van der Waals surface area contributed by atoms with E-state index in [1.165, 1.54) is 0 Å². The van der Waals surface area contributed by atoms with Crippen LogP contribution < -0.4 is 0 Å². The Kier molecular flexibility index (Phi) is 4.09. The molecule has 0 saturated carbocycles. The van der Waals surface area contributed by atoms with Gasteiger partial charge in [0.2, 0.25) is 0 Å². The van der Waals surface area contributed by atoms with E-state index in [0.717, 1.165) is 16.7 Å². The first-order valence-corrected chi connectivity index (χ1v) is 4.73. The molecule has 0 aliphatic rings. The van der Waals surface area contributed by atoms with Gasteiger partial charge in [0.1, 0.15) is 0 Å². The van der Waals surface area contributed by atoms with Crippen LogP contribution in [0, 0.1) is 37.0 Å². The minimum absolute atomic E-state index is 0.592. The maximum atomic E-state index is 5.34. The van der Waals surface area contributed by atoms with Crippen LogP contribution in [0.5, 0.6) is 0 Å². The molecule has 0 saturated heterocycles. The Hall–Kier alpha value is -2.10. The zero-order chi connectivity index (χ0) is 11.1. The van der Waals surface area contributed by atoms with Crippen molar-refractivity contribution >= 4 is 0 Å². The quantitative estimate of drug-likeness (QED) is 0.644. The second kappa shape index (κ2) is 5.59. The van der Waals surface area contributed by atoms with Gasteiger partial charge in [-0.3, -0.25) is 0 Å². The van der Waals surface area contributed by atoms with Gasteiger partial charge in [0.15, 0.2) is 0 Å². The lowest BCUT2D eigenvalue weighted by Gasteiger charge is -2.09. The van der Waals surface area contributed by atoms with E-state index in [9.17, 15) is 0 Å². The van der Waals surface area contributed by atoms with E-state index in [1.807, 2.05) is 18.2 Å². The van der Waals surface area contributed by atoms with Crippen LogP contribution in [0.4, 0.5) is 0 Å². The Morgan fingerprint density at radius 2 is 1.27 bits per heavy atom. The lowest BCUT2D eigenvalue weighted by molar-refractivity contribution is 1.12. The van der Waals surface area contributed by atoms with Crippen LogP contribution in [0.2, 0.25) is 0 Å². The minimum Gasteiger partial charge on any atom is -0.120 e. The van der Waals surface area contributed by atoms with E-state index in [0.29, 0.717) is 19.3 Å². The van der Waals surface area contributed by atoms with Gasteiger partial charge in [0.05, 0.1) is 0 Å². The summed E-state index contributed by atoms with van der Waals surface area (Å²) < 4.78 is 0. The van der Waals surface area contributed by atoms with Crippen LogP contribution in [0.1, 0.15) is 16.7 Å². The Labute approximate surface area is 91.7 Å². The van der Waals surface area contributed by atoms with E-state index in [4.69, 9.17) is 19.3 Å². The smallest absolute Gasteiger partial charge is 0.0343 e. The Balaban J connectivity index is 3.18. The SMILES string of the molecule is C#CCc1cccc(CC#C)c1CC#C. The maximum Gasteiger partial charge on any atom is 0.0343 e. The summed E-state index contributed by atoms with van der Waals surface area (Å²) in [5, 5.41) is 0. The van der Waals surface area contributed by atoms with E-state index in [1.54, 1.807) is 0 Å². The molecule has 0 heteroatoms. The molecule has 0 atom stereocenters. The highest BCUT2D eigenvalue weighted by atomic mass is 14.1. The first-order chi connectivity index (χ1) is 7.33. The van der Waals surface area contributed by atoms with Crippen LogP contribution >= 0.6 is 0 Å². The standard InChI is InChI=1S/C15H12/c1-4-8-13-11-7-12-14(9-5-2)15(13)10-6-3/h1-3,7,11-12H,8-10H2. The van der Waals surface area contributed by atoms with Crippen molar-refractivity contribution in [3.8, 4) is 37.0 Å². The highest BCUT2D eigenvalue weighted by Gasteiger charge is 2.05. The number of hydrogen-bond acceptors (Lipinski definition) is 0. The van der Waals surface area contributed by atoms with Crippen molar-refractivity contribution in [2.24, 2.45) is 0 Å². The molecular weight excluding hydrogens is 180 g/mol. The molecule has 0 radical (unpaired) electrons. The van der Waals surface area contributed by atoms with Gasteiger partial charge in [-0.1, -0.05) is 18.2 Å². The van der Waals surface area contributed by atoms with Crippen LogP contribution in [-0.4, -0.2) is 0 Å². The summed E-state index contributed by atoms with van der Waals surface area (Å²) in [7, 11) is 0. The minimum atomic E-state index is 0.592. The van der Waals surface area contributed by atoms with Crippen LogP contribution in [0.3, 0.4) is 0 Å². The van der Waals surface area contributed by atoms with Crippen molar-refractivity contribution < 1.29 is 0 Å². The maximum absolute atomic E-state index is 5.34. The third-order valence-electron chi connectivity index (χ3n) is 2.23. The normalized spacial score (nSPS) is 8.60. The fraction of sp³-hybridized carbons (Fsp3) is 0.200. The number of hydrogen-bond donors (Lipinski definition) is 0. The molecule has 1 rings (SSSR count). The lowest BCUT2D eigenvalue weighted by Crippen LogP contribution is -1.98. The fourth-order valence-electron chi connectivity index (χ4n) is 1.57. The largest absolute Gasteiger partial charge is 0.120 e. The van der Waals surface area contributed by atoms with Gasteiger partial charge < -0.3 is 0 Å². The predicted molar refractivity (Wildman–Crippen MR) is 64.1 cm³/mol. The molecule has 0 nitrogen and oxygen atoms in total. The van der Waals surface area contributed by atoms with E-state index >= 15 is 0 Å². The van der Waals surface area contributed by atoms with Crippen molar-refractivity contribution in [1.82, 2.24) is 0 Å². The summed E-state index contributed by atoms with van der Waals surface area (Å²) in [6.45, 7) is 0. The topological polar surface area (TPSA) is 0 Å². The first kappa shape index (κ1) is 11.0. The summed E-state index contributed by atoms with van der Waals surface area (Å²) in [6.07, 6.45) is 17.8. The van der Waals surface area contributed by atoms with Crippen molar-refractivity contribution in [3.63, 3.8) is 0 Å². The Morgan fingerprint density at radius 3 is 1.67 bits per heavy atom. The van der Waals surface area contributed by atoms with Gasteiger partial charge in [0, 0.05) is 19.3 Å². The molecule has 72 valence electrons. The van der Waals surface area contributed by atoms with Crippen LogP contribution in [0.25, 0.3) is 0 Å². The fourth-order valence-corrected chi connectivity index (χ4v) is 1.57. The van der Waals surface area contributed by atoms with Gasteiger partial charge in [-0.2, -0.15) is 0 Å². The zero-order valence-corrected chi connectivity index (χ0v) is 8.59. The summed E-state index contributed by atoms with van der Waals surface area (Å²) in [6, 6.07) is 5.98. The molecule has 0 heterocycles. The monoisotopic (exact) mass is 192 g/mol. The third kappa shape index (κ3) is 2.67. The lowest BCUT2D eigenvalue weighted by atomic mass is 9.95. The van der Waals surface area contributed by atoms with Crippen molar-refractivity contribution in [2.75, 3.05) is 0 Å². The van der Waals surface area contributed by atoms with Crippen molar-refractivity contribution in [1.29, 1.82) is 0 Å². The summed E-state index contributed by atoms with van der Waals surface area (Å²) in [4.78, 5) is 0. The third-order valence-corrected chi connectivity index (χ3v) is 2.23. The van der Waals surface area contributed by atoms with Crippen LogP contribution in [-0.2, 0) is 19.3 Å². The first-order valence-electron chi connectivity index (χ1n) is 4.73. The van der Waals surface area contributed by atoms with Crippen molar-refractivity contribution in [2.45, 2.75) is 19.3 Å². The number of terminal acetylenes is 3. The highest BCUT2D eigenvalue weighted by molar-refractivity contribution is 5.40. The molecule has 1 aromatic rings. The van der Waals surface area contributed by atoms with Gasteiger partial charge in [-0.15, -0.1) is 37.0 Å². The second-order valence-electron chi connectivity index (χ2n) is 3.20.